The fraction of sp³-hybridized carbons (Fsp3) is 0.0909. The summed E-state index contributed by atoms with van der Waals surface area (Å²) in [5.41, 5.74) is 0. The molecule has 15 heavy (non-hydrogen) atoms. The molecule has 4 heteroatoms. The van der Waals surface area contributed by atoms with Gasteiger partial charge in [0.15, 0.2) is 0 Å². The van der Waals surface area contributed by atoms with Crippen LogP contribution in [-0.2, 0) is 0 Å². The van der Waals surface area contributed by atoms with Gasteiger partial charge in [0.2, 0.25) is 0 Å². The molecule has 0 heterocycles. The van der Waals surface area contributed by atoms with E-state index >= 15 is 0 Å². The average Bonchev–Trinajstić information content (AvgIpc) is 2.24. The van der Waals surface area contributed by atoms with Crippen LogP contribution in [-0.4, -0.2) is 6.35 Å². The molecule has 0 fully saturated rings. The van der Waals surface area contributed by atoms with Crippen LogP contribution in [0.4, 0.5) is 4.39 Å². The molecule has 1 atom stereocenters. The highest BCUT2D eigenvalue weighted by Gasteiger charge is 2.08. The lowest BCUT2D eigenvalue weighted by Gasteiger charge is -2.09. The van der Waals surface area contributed by atoms with Crippen molar-refractivity contribution in [2.24, 2.45) is 0 Å². The molecule has 0 aliphatic heterocycles. The highest BCUT2D eigenvalue weighted by atomic mass is 79.9. The molecule has 0 spiro atoms. The Morgan fingerprint density at radius 1 is 1.27 bits per heavy atom. The van der Waals surface area contributed by atoms with Gasteiger partial charge in [-0.1, -0.05) is 37.3 Å². The van der Waals surface area contributed by atoms with E-state index < -0.39 is 0 Å². The van der Waals surface area contributed by atoms with E-state index in [1.165, 1.54) is 6.07 Å². The first-order valence-corrected chi connectivity index (χ1v) is 6.04. The van der Waals surface area contributed by atoms with E-state index in [2.05, 4.69) is 25.2 Å². The van der Waals surface area contributed by atoms with Crippen LogP contribution >= 0.6 is 25.2 Å². The Bertz CT molecular complexity index is 501. The molecule has 2 rings (SSSR count). The number of hydrogen-bond donors (Lipinski definition) is 0. The Kier molecular flexibility index (Phi) is 3.22. The van der Waals surface area contributed by atoms with Crippen molar-refractivity contribution < 1.29 is 9.13 Å². The van der Waals surface area contributed by atoms with Gasteiger partial charge in [-0.3, -0.25) is 0 Å². The lowest BCUT2D eigenvalue weighted by atomic mass is 10.1. The zero-order chi connectivity index (χ0) is 10.8. The monoisotopic (exact) mass is 286 g/mol. The molecule has 0 saturated heterocycles. The molecule has 0 radical (unpaired) electrons. The Hall–Kier alpha value is -0.660. The standard InChI is InChI=1S/C11H9BrFOP/c12-8-4-5-9(13)7-2-1-3-10(11(7)8)14-6-15/h1-5H,6,15H2. The van der Waals surface area contributed by atoms with E-state index in [0.29, 0.717) is 17.5 Å². The molecule has 0 amide bonds. The Morgan fingerprint density at radius 2 is 2.07 bits per heavy atom. The van der Waals surface area contributed by atoms with E-state index in [9.17, 15) is 4.39 Å². The van der Waals surface area contributed by atoms with E-state index in [1.807, 2.05) is 6.07 Å². The molecule has 0 bridgehead atoms. The molecule has 2 aromatic rings. The maximum absolute atomic E-state index is 13.5. The van der Waals surface area contributed by atoms with Gasteiger partial charge >= 0.3 is 0 Å². The highest BCUT2D eigenvalue weighted by molar-refractivity contribution is 9.10. The normalized spacial score (nSPS) is 10.6. The number of ether oxygens (including phenoxy) is 1. The first-order chi connectivity index (χ1) is 7.24. The van der Waals surface area contributed by atoms with Gasteiger partial charge in [0.05, 0.1) is 0 Å². The molecular weight excluding hydrogens is 278 g/mol. The number of benzene rings is 2. The third-order valence-electron chi connectivity index (χ3n) is 2.14. The minimum atomic E-state index is -0.234. The summed E-state index contributed by atoms with van der Waals surface area (Å²) in [5.74, 6) is 0.455. The molecule has 78 valence electrons. The third-order valence-corrected chi connectivity index (χ3v) is 2.96. The maximum Gasteiger partial charge on any atom is 0.131 e. The Labute approximate surface area is 98.0 Å². The Morgan fingerprint density at radius 3 is 2.80 bits per heavy atom. The molecule has 1 nitrogen and oxygen atoms in total. The lowest BCUT2D eigenvalue weighted by molar-refractivity contribution is 0.397. The molecule has 0 N–H and O–H groups in total. The van der Waals surface area contributed by atoms with Crippen molar-refractivity contribution in [1.82, 2.24) is 0 Å². The largest absolute Gasteiger partial charge is 0.489 e. The van der Waals surface area contributed by atoms with Crippen LogP contribution in [0.5, 0.6) is 5.75 Å². The molecule has 0 aliphatic carbocycles. The van der Waals surface area contributed by atoms with E-state index in [4.69, 9.17) is 4.74 Å². The van der Waals surface area contributed by atoms with Crippen LogP contribution in [0.15, 0.2) is 34.8 Å². The van der Waals surface area contributed by atoms with E-state index in [-0.39, 0.29) is 5.82 Å². The van der Waals surface area contributed by atoms with Crippen molar-refractivity contribution >= 4 is 35.9 Å². The fourth-order valence-corrected chi connectivity index (χ4v) is 2.23. The van der Waals surface area contributed by atoms with Crippen LogP contribution < -0.4 is 4.74 Å². The van der Waals surface area contributed by atoms with Gasteiger partial charge in [-0.2, -0.15) is 0 Å². The molecule has 2 aromatic carbocycles. The van der Waals surface area contributed by atoms with Gasteiger partial charge < -0.3 is 4.74 Å². The van der Waals surface area contributed by atoms with Gasteiger partial charge in [0.1, 0.15) is 17.9 Å². The second kappa shape index (κ2) is 4.46. The summed E-state index contributed by atoms with van der Waals surface area (Å²) in [7, 11) is 2.48. The molecule has 1 unspecified atom stereocenters. The predicted molar refractivity (Wildman–Crippen MR) is 66.8 cm³/mol. The first-order valence-electron chi connectivity index (χ1n) is 4.43. The number of halogens is 2. The molecular formula is C11H9BrFOP. The predicted octanol–water partition coefficient (Wildman–Crippen LogP) is 3.95. The average molecular weight is 287 g/mol. The minimum Gasteiger partial charge on any atom is -0.489 e. The van der Waals surface area contributed by atoms with Crippen LogP contribution in [0, 0.1) is 5.82 Å². The van der Waals surface area contributed by atoms with Gasteiger partial charge in [-0.05, 0) is 18.2 Å². The second-order valence-corrected chi connectivity index (χ2v) is 4.21. The number of rotatable bonds is 2. The van der Waals surface area contributed by atoms with Crippen molar-refractivity contribution in [3.05, 3.63) is 40.6 Å². The van der Waals surface area contributed by atoms with Gasteiger partial charge in [-0.25, -0.2) is 4.39 Å². The molecule has 0 aliphatic rings. The van der Waals surface area contributed by atoms with Gasteiger partial charge in [0, 0.05) is 15.2 Å². The van der Waals surface area contributed by atoms with E-state index in [1.54, 1.807) is 18.2 Å². The lowest BCUT2D eigenvalue weighted by Crippen LogP contribution is -1.91. The summed E-state index contributed by atoms with van der Waals surface area (Å²) in [6, 6.07) is 8.49. The quantitative estimate of drug-likeness (QED) is 0.760. The van der Waals surface area contributed by atoms with Crippen LogP contribution in [0.2, 0.25) is 0 Å². The van der Waals surface area contributed by atoms with Crippen LogP contribution in [0.25, 0.3) is 10.8 Å². The van der Waals surface area contributed by atoms with Crippen LogP contribution in [0.3, 0.4) is 0 Å². The van der Waals surface area contributed by atoms with E-state index in [0.717, 1.165) is 9.86 Å². The van der Waals surface area contributed by atoms with Gasteiger partial charge in [0.25, 0.3) is 0 Å². The summed E-state index contributed by atoms with van der Waals surface area (Å²) in [4.78, 5) is 0. The smallest absolute Gasteiger partial charge is 0.131 e. The zero-order valence-corrected chi connectivity index (χ0v) is 10.6. The zero-order valence-electron chi connectivity index (χ0n) is 7.84. The third kappa shape index (κ3) is 1.99. The summed E-state index contributed by atoms with van der Waals surface area (Å²) >= 11 is 3.40. The van der Waals surface area contributed by atoms with Crippen molar-refractivity contribution in [3.8, 4) is 5.75 Å². The van der Waals surface area contributed by atoms with Crippen molar-refractivity contribution in [2.75, 3.05) is 6.35 Å². The van der Waals surface area contributed by atoms with Gasteiger partial charge in [-0.15, -0.1) is 0 Å². The van der Waals surface area contributed by atoms with Crippen molar-refractivity contribution in [3.63, 3.8) is 0 Å². The molecule has 0 saturated carbocycles. The first kappa shape index (κ1) is 10.8. The fourth-order valence-electron chi connectivity index (χ4n) is 1.51. The second-order valence-electron chi connectivity index (χ2n) is 3.02. The van der Waals surface area contributed by atoms with Crippen molar-refractivity contribution in [1.29, 1.82) is 0 Å². The minimum absolute atomic E-state index is 0.234. The highest BCUT2D eigenvalue weighted by Crippen LogP contribution is 2.33. The van der Waals surface area contributed by atoms with Crippen molar-refractivity contribution in [2.45, 2.75) is 0 Å². The number of fused-ring (bicyclic) bond motifs is 1. The summed E-state index contributed by atoms with van der Waals surface area (Å²) in [5, 5.41) is 1.35. The maximum atomic E-state index is 13.5. The summed E-state index contributed by atoms with van der Waals surface area (Å²) < 4.78 is 19.8. The van der Waals surface area contributed by atoms with Crippen LogP contribution in [0.1, 0.15) is 0 Å². The number of hydrogen-bond acceptors (Lipinski definition) is 1. The molecule has 0 aromatic heterocycles. The summed E-state index contributed by atoms with van der Waals surface area (Å²) in [6.07, 6.45) is 0.488. The summed E-state index contributed by atoms with van der Waals surface area (Å²) in [6.45, 7) is 0. The topological polar surface area (TPSA) is 9.23 Å². The Balaban J connectivity index is 2.78. The SMILES string of the molecule is Fc1ccc(Br)c2c(OCP)cccc12.